The van der Waals surface area contributed by atoms with Crippen LogP contribution in [0.1, 0.15) is 6.42 Å². The smallest absolute Gasteiger partial charge is 0.326 e. The molecule has 18 heavy (non-hydrogen) atoms. The lowest BCUT2D eigenvalue weighted by Gasteiger charge is -2.14. The molecule has 9 nitrogen and oxygen atoms in total. The number of nitrogens with one attached hydrogen (secondary N) is 3. The largest absolute Gasteiger partial charge is 0.481 e. The minimum Gasteiger partial charge on any atom is -0.481 e. The summed E-state index contributed by atoms with van der Waals surface area (Å²) >= 11 is 0. The van der Waals surface area contributed by atoms with E-state index in [4.69, 9.17) is 10.2 Å². The van der Waals surface area contributed by atoms with Gasteiger partial charge in [0.05, 0.1) is 13.0 Å². The highest BCUT2D eigenvalue weighted by molar-refractivity contribution is 5.87. The van der Waals surface area contributed by atoms with E-state index in [-0.39, 0.29) is 12.8 Å². The van der Waals surface area contributed by atoms with Crippen LogP contribution >= 0.6 is 0 Å². The maximum absolute atomic E-state index is 11.4. The predicted molar refractivity (Wildman–Crippen MR) is 60.1 cm³/mol. The lowest BCUT2D eigenvalue weighted by atomic mass is 10.2. The van der Waals surface area contributed by atoms with E-state index in [2.05, 4.69) is 20.9 Å². The van der Waals surface area contributed by atoms with Crippen LogP contribution in [-0.4, -0.2) is 59.7 Å². The highest BCUT2D eigenvalue weighted by Crippen LogP contribution is 1.93. The second-order valence-corrected chi connectivity index (χ2v) is 3.58. The van der Waals surface area contributed by atoms with E-state index < -0.39 is 30.3 Å². The van der Waals surface area contributed by atoms with Crippen molar-refractivity contribution < 1.29 is 24.6 Å². The van der Waals surface area contributed by atoms with Crippen LogP contribution in [0, 0.1) is 0 Å². The third-order valence-electron chi connectivity index (χ3n) is 2.12. The van der Waals surface area contributed by atoms with Crippen LogP contribution in [0.5, 0.6) is 0 Å². The van der Waals surface area contributed by atoms with E-state index in [1.807, 2.05) is 0 Å². The SMILES string of the molecule is O=C(O)C[C@H](NC(=O)CNC1N=CCN1)C(=O)O. The normalized spacial score (nSPS) is 19.4. The fraction of sp³-hybridized carbons (Fsp3) is 0.556. The number of hydrogen-bond acceptors (Lipinski definition) is 6. The van der Waals surface area contributed by atoms with Gasteiger partial charge in [0.25, 0.3) is 0 Å². The van der Waals surface area contributed by atoms with Gasteiger partial charge in [-0.2, -0.15) is 0 Å². The highest BCUT2D eigenvalue weighted by Gasteiger charge is 2.23. The molecule has 0 aromatic rings. The Labute approximate surface area is 102 Å². The zero-order valence-corrected chi connectivity index (χ0v) is 9.42. The minimum atomic E-state index is -1.43. The summed E-state index contributed by atoms with van der Waals surface area (Å²) in [6, 6.07) is -1.43. The number of carbonyl (C=O) groups is 3. The molecule has 0 bridgehead atoms. The van der Waals surface area contributed by atoms with Gasteiger partial charge in [-0.15, -0.1) is 0 Å². The molecule has 100 valence electrons. The van der Waals surface area contributed by atoms with E-state index >= 15 is 0 Å². The zero-order chi connectivity index (χ0) is 13.5. The third kappa shape index (κ3) is 4.89. The van der Waals surface area contributed by atoms with Crippen molar-refractivity contribution in [3.8, 4) is 0 Å². The molecule has 5 N–H and O–H groups in total. The average Bonchev–Trinajstić information content (AvgIpc) is 2.77. The summed E-state index contributed by atoms with van der Waals surface area (Å²) in [4.78, 5) is 36.4. The van der Waals surface area contributed by atoms with Crippen molar-refractivity contribution >= 4 is 24.1 Å². The van der Waals surface area contributed by atoms with Gasteiger partial charge in [0.1, 0.15) is 6.04 Å². The summed E-state index contributed by atoms with van der Waals surface area (Å²) in [6.07, 6.45) is 0.597. The van der Waals surface area contributed by atoms with Gasteiger partial charge in [-0.3, -0.25) is 25.2 Å². The minimum absolute atomic E-state index is 0.154. The van der Waals surface area contributed by atoms with Crippen LogP contribution in [0.3, 0.4) is 0 Å². The molecule has 1 unspecified atom stereocenters. The maximum Gasteiger partial charge on any atom is 0.326 e. The Hall–Kier alpha value is -2.00. The van der Waals surface area contributed by atoms with E-state index in [1.165, 1.54) is 0 Å². The van der Waals surface area contributed by atoms with Crippen LogP contribution in [-0.2, 0) is 14.4 Å². The molecule has 1 aliphatic heterocycles. The van der Waals surface area contributed by atoms with Crippen molar-refractivity contribution in [1.29, 1.82) is 0 Å². The van der Waals surface area contributed by atoms with Crippen LogP contribution in [0.2, 0.25) is 0 Å². The number of aliphatic imine (C=N–C) groups is 1. The molecule has 0 aliphatic carbocycles. The Morgan fingerprint density at radius 1 is 1.44 bits per heavy atom. The van der Waals surface area contributed by atoms with Crippen molar-refractivity contribution in [2.24, 2.45) is 4.99 Å². The predicted octanol–water partition coefficient (Wildman–Crippen LogP) is -2.42. The van der Waals surface area contributed by atoms with Crippen molar-refractivity contribution in [3.05, 3.63) is 0 Å². The Balaban J connectivity index is 2.33. The number of aliphatic carboxylic acids is 2. The monoisotopic (exact) mass is 258 g/mol. The summed E-state index contributed by atoms with van der Waals surface area (Å²) in [7, 11) is 0. The van der Waals surface area contributed by atoms with E-state index in [9.17, 15) is 14.4 Å². The lowest BCUT2D eigenvalue weighted by molar-refractivity contribution is -0.147. The number of rotatable bonds is 7. The molecule has 2 atom stereocenters. The fourth-order valence-corrected chi connectivity index (χ4v) is 1.31. The quantitative estimate of drug-likeness (QED) is 0.342. The molecule has 0 saturated carbocycles. The Kier molecular flexibility index (Phi) is 5.21. The van der Waals surface area contributed by atoms with E-state index in [0.29, 0.717) is 6.54 Å². The fourth-order valence-electron chi connectivity index (χ4n) is 1.31. The van der Waals surface area contributed by atoms with Gasteiger partial charge >= 0.3 is 11.9 Å². The summed E-state index contributed by atoms with van der Waals surface area (Å²) in [5, 5.41) is 24.9. The third-order valence-corrected chi connectivity index (χ3v) is 2.12. The first kappa shape index (κ1) is 14.1. The standard InChI is InChI=1S/C9H14N4O5/c14-6(4-12-9-10-1-2-11-9)13-5(8(17)18)3-7(15)16/h1,5,9,11-12H,2-4H2,(H,13,14)(H,15,16)(H,17,18)/t5-,9?/m0/s1. The van der Waals surface area contributed by atoms with Gasteiger partial charge in [-0.1, -0.05) is 0 Å². The molecule has 0 aromatic carbocycles. The first-order chi connectivity index (χ1) is 8.49. The molecule has 0 radical (unpaired) electrons. The molecule has 1 aliphatic rings. The molecule has 1 rings (SSSR count). The molecule has 1 heterocycles. The number of carbonyl (C=O) groups excluding carboxylic acids is 1. The maximum atomic E-state index is 11.4. The van der Waals surface area contributed by atoms with Gasteiger partial charge < -0.3 is 15.5 Å². The van der Waals surface area contributed by atoms with Crippen molar-refractivity contribution in [2.75, 3.05) is 13.1 Å². The summed E-state index contributed by atoms with van der Waals surface area (Å²) in [5.74, 6) is -3.28. The Morgan fingerprint density at radius 2 is 2.17 bits per heavy atom. The second-order valence-electron chi connectivity index (χ2n) is 3.58. The molecular weight excluding hydrogens is 244 g/mol. The van der Waals surface area contributed by atoms with E-state index in [0.717, 1.165) is 0 Å². The van der Waals surface area contributed by atoms with Crippen molar-refractivity contribution in [3.63, 3.8) is 0 Å². The molecular formula is C9H14N4O5. The average molecular weight is 258 g/mol. The van der Waals surface area contributed by atoms with Crippen LogP contribution in [0.25, 0.3) is 0 Å². The summed E-state index contributed by atoms with van der Waals surface area (Å²) < 4.78 is 0. The van der Waals surface area contributed by atoms with Crippen molar-refractivity contribution in [1.82, 2.24) is 16.0 Å². The van der Waals surface area contributed by atoms with Gasteiger partial charge in [0.2, 0.25) is 5.91 Å². The molecule has 0 spiro atoms. The number of carboxylic acid groups (broad SMARTS) is 2. The Bertz CT molecular complexity index is 370. The molecule has 1 amide bonds. The number of carboxylic acids is 2. The molecule has 9 heteroatoms. The van der Waals surface area contributed by atoms with Gasteiger partial charge in [-0.25, -0.2) is 4.79 Å². The van der Waals surface area contributed by atoms with Crippen LogP contribution in [0.15, 0.2) is 4.99 Å². The molecule has 0 fully saturated rings. The second kappa shape index (κ2) is 6.67. The summed E-state index contributed by atoms with van der Waals surface area (Å²) in [6.45, 7) is 0.439. The molecule has 0 aromatic heterocycles. The number of amides is 1. The van der Waals surface area contributed by atoms with E-state index in [1.54, 1.807) is 6.21 Å². The summed E-state index contributed by atoms with van der Waals surface area (Å²) in [5.41, 5.74) is 0. The Morgan fingerprint density at radius 3 is 2.67 bits per heavy atom. The molecule has 0 saturated heterocycles. The lowest BCUT2D eigenvalue weighted by Crippen LogP contribution is -2.48. The van der Waals surface area contributed by atoms with Gasteiger partial charge in [0, 0.05) is 12.8 Å². The first-order valence-electron chi connectivity index (χ1n) is 5.21. The highest BCUT2D eigenvalue weighted by atomic mass is 16.4. The topological polar surface area (TPSA) is 140 Å². The number of hydrogen-bond donors (Lipinski definition) is 5. The van der Waals surface area contributed by atoms with Crippen LogP contribution in [0.4, 0.5) is 0 Å². The number of nitrogens with zero attached hydrogens (tertiary/aromatic N) is 1. The van der Waals surface area contributed by atoms with Gasteiger partial charge in [-0.05, 0) is 0 Å². The van der Waals surface area contributed by atoms with Crippen molar-refractivity contribution in [2.45, 2.75) is 18.8 Å². The van der Waals surface area contributed by atoms with Gasteiger partial charge in [0.15, 0.2) is 6.29 Å². The first-order valence-corrected chi connectivity index (χ1v) is 5.21. The zero-order valence-electron chi connectivity index (χ0n) is 9.42. The van der Waals surface area contributed by atoms with Crippen LogP contribution < -0.4 is 16.0 Å².